The molecule has 1 aromatic carbocycles. The average molecular weight is 290 g/mol. The molecule has 0 spiro atoms. The van der Waals surface area contributed by atoms with Crippen molar-refractivity contribution >= 4 is 22.7 Å². The molecule has 1 aromatic heterocycles. The van der Waals surface area contributed by atoms with Crippen LogP contribution in [0.2, 0.25) is 0 Å². The van der Waals surface area contributed by atoms with E-state index in [1.165, 1.54) is 0 Å². The molecule has 2 aromatic rings. The number of nitrogens with two attached hydrogens (primary N) is 1. The second kappa shape index (κ2) is 6.58. The van der Waals surface area contributed by atoms with Gasteiger partial charge in [-0.2, -0.15) is 0 Å². The Kier molecular flexibility index (Phi) is 4.80. The summed E-state index contributed by atoms with van der Waals surface area (Å²) in [6.07, 6.45) is 0. The quantitative estimate of drug-likeness (QED) is 0.790. The topological polar surface area (TPSA) is 84.4 Å². The molecule has 0 aliphatic heterocycles. The molecule has 0 saturated carbocycles. The summed E-state index contributed by atoms with van der Waals surface area (Å²) in [5.74, 6) is 1.00. The van der Waals surface area contributed by atoms with Crippen LogP contribution in [-0.2, 0) is 11.3 Å². The van der Waals surface area contributed by atoms with E-state index in [0.717, 1.165) is 0 Å². The number of hydrogen-bond donors (Lipinski definition) is 2. The molecular formula is C15H22N4O2. The Balaban J connectivity index is 1.93. The van der Waals surface area contributed by atoms with E-state index < -0.39 is 0 Å². The molecule has 6 nitrogen and oxygen atoms in total. The molecule has 21 heavy (non-hydrogen) atoms. The fraction of sp³-hybridized carbons (Fsp3) is 0.467. The number of benzene rings is 1. The number of carbonyl (C=O) groups excluding carboxylic acids is 1. The zero-order chi connectivity index (χ0) is 15.4. The Hall–Kier alpha value is -2.08. The van der Waals surface area contributed by atoms with Crippen LogP contribution in [0.1, 0.15) is 19.7 Å². The van der Waals surface area contributed by atoms with Crippen molar-refractivity contribution in [3.8, 4) is 0 Å². The number of nitrogens with zero attached hydrogens (tertiary/aromatic N) is 2. The first-order chi connectivity index (χ1) is 9.95. The fourth-order valence-electron chi connectivity index (χ4n) is 1.99. The molecule has 0 aliphatic carbocycles. The van der Waals surface area contributed by atoms with Gasteiger partial charge in [0.1, 0.15) is 5.52 Å². The highest BCUT2D eigenvalue weighted by Crippen LogP contribution is 2.21. The molecule has 0 unspecified atom stereocenters. The van der Waals surface area contributed by atoms with Crippen molar-refractivity contribution in [1.29, 1.82) is 0 Å². The first kappa shape index (κ1) is 15.3. The lowest BCUT2D eigenvalue weighted by Crippen LogP contribution is -2.36. The van der Waals surface area contributed by atoms with Gasteiger partial charge in [-0.3, -0.25) is 9.69 Å². The van der Waals surface area contributed by atoms with Crippen molar-refractivity contribution in [2.45, 2.75) is 20.4 Å². The van der Waals surface area contributed by atoms with Crippen LogP contribution in [0.4, 0.5) is 5.69 Å². The van der Waals surface area contributed by atoms with Gasteiger partial charge in [0.05, 0.1) is 18.8 Å². The number of likely N-dealkylation sites (N-methyl/N-ethyl adjacent to an activating group) is 1. The number of hydrogen-bond acceptors (Lipinski definition) is 5. The fourth-order valence-corrected chi connectivity index (χ4v) is 1.99. The maximum atomic E-state index is 11.8. The zero-order valence-electron chi connectivity index (χ0n) is 12.7. The molecule has 114 valence electrons. The van der Waals surface area contributed by atoms with Gasteiger partial charge in [0.2, 0.25) is 11.8 Å². The van der Waals surface area contributed by atoms with E-state index in [4.69, 9.17) is 10.2 Å². The van der Waals surface area contributed by atoms with Gasteiger partial charge in [-0.15, -0.1) is 0 Å². The van der Waals surface area contributed by atoms with Crippen molar-refractivity contribution in [2.24, 2.45) is 5.92 Å². The van der Waals surface area contributed by atoms with Gasteiger partial charge in [0, 0.05) is 6.54 Å². The normalized spacial score (nSPS) is 11.5. The highest BCUT2D eigenvalue weighted by Gasteiger charge is 2.12. The third-order valence-corrected chi connectivity index (χ3v) is 3.02. The van der Waals surface area contributed by atoms with Crippen molar-refractivity contribution in [3.63, 3.8) is 0 Å². The summed E-state index contributed by atoms with van der Waals surface area (Å²) in [6, 6.07) is 5.45. The van der Waals surface area contributed by atoms with Crippen LogP contribution in [0, 0.1) is 5.92 Å². The van der Waals surface area contributed by atoms with E-state index in [-0.39, 0.29) is 5.91 Å². The van der Waals surface area contributed by atoms with Crippen LogP contribution < -0.4 is 11.1 Å². The van der Waals surface area contributed by atoms with E-state index in [0.29, 0.717) is 48.2 Å². The second-order valence-electron chi connectivity index (χ2n) is 5.67. The van der Waals surface area contributed by atoms with Gasteiger partial charge >= 0.3 is 0 Å². The van der Waals surface area contributed by atoms with E-state index in [1.807, 2.05) is 24.1 Å². The summed E-state index contributed by atoms with van der Waals surface area (Å²) in [5.41, 5.74) is 7.79. The lowest BCUT2D eigenvalue weighted by Gasteiger charge is -2.14. The molecule has 3 N–H and O–H groups in total. The maximum Gasteiger partial charge on any atom is 0.234 e. The third-order valence-electron chi connectivity index (χ3n) is 3.02. The minimum absolute atomic E-state index is 0.00169. The molecule has 2 rings (SSSR count). The smallest absolute Gasteiger partial charge is 0.234 e. The minimum atomic E-state index is 0.00169. The molecule has 0 atom stereocenters. The summed E-state index contributed by atoms with van der Waals surface area (Å²) in [6.45, 7) is 5.58. The zero-order valence-corrected chi connectivity index (χ0v) is 12.7. The highest BCUT2D eigenvalue weighted by molar-refractivity contribution is 5.85. The number of aromatic nitrogens is 1. The molecule has 1 heterocycles. The predicted octanol–water partition coefficient (Wildman–Crippen LogP) is 1.61. The van der Waals surface area contributed by atoms with E-state index in [2.05, 4.69) is 24.1 Å². The van der Waals surface area contributed by atoms with Crippen LogP contribution in [0.15, 0.2) is 22.6 Å². The van der Waals surface area contributed by atoms with Crippen LogP contribution >= 0.6 is 0 Å². The number of amides is 1. The minimum Gasteiger partial charge on any atom is -0.439 e. The van der Waals surface area contributed by atoms with Crippen molar-refractivity contribution in [1.82, 2.24) is 15.2 Å². The predicted molar refractivity (Wildman–Crippen MR) is 82.6 cm³/mol. The Labute approximate surface area is 124 Å². The standard InChI is InChI=1S/C15H22N4O2/c1-10(2)7-17-13(20)8-19(3)9-14-18-15-11(16)5-4-6-12(15)21-14/h4-6,10H,7-9,16H2,1-3H3,(H,17,20). The second-order valence-corrected chi connectivity index (χ2v) is 5.67. The number of carbonyl (C=O) groups is 1. The SMILES string of the molecule is CC(C)CNC(=O)CN(C)Cc1nc2c(N)cccc2o1. The molecule has 0 bridgehead atoms. The molecule has 0 aliphatic rings. The molecule has 6 heteroatoms. The molecule has 1 amide bonds. The van der Waals surface area contributed by atoms with Gasteiger partial charge in [0.25, 0.3) is 0 Å². The summed E-state index contributed by atoms with van der Waals surface area (Å²) in [7, 11) is 1.85. The molecular weight excluding hydrogens is 268 g/mol. The van der Waals surface area contributed by atoms with Crippen LogP contribution in [0.5, 0.6) is 0 Å². The van der Waals surface area contributed by atoms with Gasteiger partial charge in [-0.25, -0.2) is 4.98 Å². The Morgan fingerprint density at radius 1 is 1.48 bits per heavy atom. The van der Waals surface area contributed by atoms with Crippen LogP contribution in [0.25, 0.3) is 11.1 Å². The number of anilines is 1. The Morgan fingerprint density at radius 3 is 2.90 bits per heavy atom. The number of fused-ring (bicyclic) bond motifs is 1. The van der Waals surface area contributed by atoms with Crippen molar-refractivity contribution in [3.05, 3.63) is 24.1 Å². The third kappa shape index (κ3) is 4.19. The number of rotatable bonds is 6. The summed E-state index contributed by atoms with van der Waals surface area (Å²) in [5, 5.41) is 2.88. The lowest BCUT2D eigenvalue weighted by atomic mass is 10.2. The van der Waals surface area contributed by atoms with Gasteiger partial charge in [-0.1, -0.05) is 19.9 Å². The van der Waals surface area contributed by atoms with Crippen molar-refractivity contribution < 1.29 is 9.21 Å². The number of nitrogens with one attached hydrogen (secondary N) is 1. The highest BCUT2D eigenvalue weighted by atomic mass is 16.3. The molecule has 0 fully saturated rings. The summed E-state index contributed by atoms with van der Waals surface area (Å²) >= 11 is 0. The first-order valence-corrected chi connectivity index (χ1v) is 7.05. The van der Waals surface area contributed by atoms with Gasteiger partial charge in [-0.05, 0) is 25.1 Å². The van der Waals surface area contributed by atoms with Crippen molar-refractivity contribution in [2.75, 3.05) is 25.9 Å². The average Bonchev–Trinajstić information content (AvgIpc) is 2.80. The Morgan fingerprint density at radius 2 is 2.24 bits per heavy atom. The number of oxazole rings is 1. The molecule has 0 radical (unpaired) electrons. The van der Waals surface area contributed by atoms with Gasteiger partial charge in [0.15, 0.2) is 5.58 Å². The maximum absolute atomic E-state index is 11.8. The lowest BCUT2D eigenvalue weighted by molar-refractivity contribution is -0.122. The summed E-state index contributed by atoms with van der Waals surface area (Å²) in [4.78, 5) is 18.0. The van der Waals surface area contributed by atoms with Crippen LogP contribution in [0.3, 0.4) is 0 Å². The van der Waals surface area contributed by atoms with E-state index in [9.17, 15) is 4.79 Å². The number of nitrogen functional groups attached to an aromatic ring is 1. The van der Waals surface area contributed by atoms with E-state index >= 15 is 0 Å². The van der Waals surface area contributed by atoms with Crippen LogP contribution in [-0.4, -0.2) is 35.9 Å². The van der Waals surface area contributed by atoms with E-state index in [1.54, 1.807) is 6.07 Å². The Bertz CT molecular complexity index is 621. The van der Waals surface area contributed by atoms with Gasteiger partial charge < -0.3 is 15.5 Å². The molecule has 0 saturated heterocycles. The summed E-state index contributed by atoms with van der Waals surface area (Å²) < 4.78 is 5.63. The largest absolute Gasteiger partial charge is 0.439 e. The first-order valence-electron chi connectivity index (χ1n) is 7.05. The monoisotopic (exact) mass is 290 g/mol. The number of para-hydroxylation sites is 1.